The molecule has 1 saturated heterocycles. The fourth-order valence-electron chi connectivity index (χ4n) is 2.90. The van der Waals surface area contributed by atoms with E-state index in [1.165, 1.54) is 38.5 Å². The summed E-state index contributed by atoms with van der Waals surface area (Å²) >= 11 is 0.587. The molecule has 0 spiro atoms. The molecule has 8 nitrogen and oxygen atoms in total. The van der Waals surface area contributed by atoms with Gasteiger partial charge in [-0.1, -0.05) is 6.07 Å². The first-order valence-electron chi connectivity index (χ1n) is 9.21. The zero-order chi connectivity index (χ0) is 24.3. The number of nitrogens with one attached hydrogen (secondary N) is 1. The molecule has 1 fully saturated rings. The Kier molecular flexibility index (Phi) is 6.86. The number of imide groups is 1. The Labute approximate surface area is 190 Å². The maximum atomic E-state index is 12.8. The van der Waals surface area contributed by atoms with Gasteiger partial charge in [0.15, 0.2) is 11.5 Å². The van der Waals surface area contributed by atoms with Crippen LogP contribution in [0.4, 0.5) is 23.7 Å². The average Bonchev–Trinajstić information content (AvgIpc) is 3.01. The number of aromatic hydroxyl groups is 1. The molecule has 0 unspecified atom stereocenters. The lowest BCUT2D eigenvalue weighted by Gasteiger charge is -2.13. The molecule has 1 heterocycles. The number of anilines is 1. The van der Waals surface area contributed by atoms with Gasteiger partial charge in [0.25, 0.3) is 11.1 Å². The van der Waals surface area contributed by atoms with Crippen LogP contribution >= 0.6 is 11.8 Å². The van der Waals surface area contributed by atoms with Crippen LogP contribution in [0, 0.1) is 0 Å². The van der Waals surface area contributed by atoms with E-state index in [0.717, 1.165) is 18.2 Å². The highest BCUT2D eigenvalue weighted by Crippen LogP contribution is 2.39. The van der Waals surface area contributed by atoms with Crippen molar-refractivity contribution >= 4 is 40.6 Å². The van der Waals surface area contributed by atoms with Crippen molar-refractivity contribution in [2.24, 2.45) is 0 Å². The standard InChI is InChI=1S/C21H17F3N2O6S/c1-31-14-6-11(7-15(32-2)18(14)28)8-16-19(29)26(20(30)33-16)10-17(27)25-13-5-3-4-12(9-13)21(22,23)24/h3-9,28H,10H2,1-2H3,(H,25,27)/b16-8-. The summed E-state index contributed by atoms with van der Waals surface area (Å²) in [6.07, 6.45) is -3.22. The molecule has 0 bridgehead atoms. The number of rotatable bonds is 6. The SMILES string of the molecule is COc1cc(/C=C2\SC(=O)N(CC(=O)Nc3cccc(C(F)(F)F)c3)C2=O)cc(OC)c1O. The van der Waals surface area contributed by atoms with E-state index in [1.807, 2.05) is 0 Å². The zero-order valence-corrected chi connectivity index (χ0v) is 18.0. The Morgan fingerprint density at radius 2 is 1.79 bits per heavy atom. The van der Waals surface area contributed by atoms with E-state index in [4.69, 9.17) is 9.47 Å². The number of carbonyl (C=O) groups is 3. The van der Waals surface area contributed by atoms with E-state index in [2.05, 4.69) is 5.32 Å². The number of methoxy groups -OCH3 is 2. The first-order valence-corrected chi connectivity index (χ1v) is 10.0. The van der Waals surface area contributed by atoms with E-state index in [0.29, 0.717) is 22.2 Å². The van der Waals surface area contributed by atoms with Crippen molar-refractivity contribution in [1.82, 2.24) is 4.90 Å². The van der Waals surface area contributed by atoms with Crippen LogP contribution in [0.15, 0.2) is 41.3 Å². The van der Waals surface area contributed by atoms with Crippen LogP contribution in [0.25, 0.3) is 6.08 Å². The van der Waals surface area contributed by atoms with Crippen molar-refractivity contribution in [3.05, 3.63) is 52.4 Å². The van der Waals surface area contributed by atoms with Crippen LogP contribution < -0.4 is 14.8 Å². The summed E-state index contributed by atoms with van der Waals surface area (Å²) in [6.45, 7) is -0.680. The molecule has 1 aliphatic heterocycles. The fourth-order valence-corrected chi connectivity index (χ4v) is 3.74. The van der Waals surface area contributed by atoms with E-state index in [9.17, 15) is 32.7 Å². The topological polar surface area (TPSA) is 105 Å². The monoisotopic (exact) mass is 482 g/mol. The van der Waals surface area contributed by atoms with Crippen molar-refractivity contribution in [2.45, 2.75) is 6.18 Å². The predicted octanol–water partition coefficient (Wildman–Crippen LogP) is 4.10. The molecule has 33 heavy (non-hydrogen) atoms. The van der Waals surface area contributed by atoms with Gasteiger partial charge in [0.1, 0.15) is 6.54 Å². The lowest BCUT2D eigenvalue weighted by molar-refractivity contribution is -0.137. The minimum absolute atomic E-state index is 0.00154. The van der Waals surface area contributed by atoms with Gasteiger partial charge in [-0.3, -0.25) is 19.3 Å². The maximum Gasteiger partial charge on any atom is 0.416 e. The van der Waals surface area contributed by atoms with Gasteiger partial charge in [-0.25, -0.2) is 0 Å². The molecule has 2 N–H and O–H groups in total. The Morgan fingerprint density at radius 1 is 1.15 bits per heavy atom. The highest BCUT2D eigenvalue weighted by atomic mass is 32.2. The summed E-state index contributed by atoms with van der Waals surface area (Å²) in [4.78, 5) is 37.9. The minimum atomic E-state index is -4.59. The summed E-state index contributed by atoms with van der Waals surface area (Å²) in [5.41, 5.74) is -0.685. The third-order valence-corrected chi connectivity index (χ3v) is 5.36. The molecule has 0 saturated carbocycles. The van der Waals surface area contributed by atoms with Gasteiger partial charge >= 0.3 is 6.18 Å². The van der Waals surface area contributed by atoms with Crippen LogP contribution in [-0.2, 0) is 15.8 Å². The highest BCUT2D eigenvalue weighted by Gasteiger charge is 2.36. The van der Waals surface area contributed by atoms with Crippen molar-refractivity contribution < 1.29 is 42.1 Å². The summed E-state index contributed by atoms with van der Waals surface area (Å²) < 4.78 is 48.6. The van der Waals surface area contributed by atoms with Gasteiger partial charge in [-0.15, -0.1) is 0 Å². The van der Waals surface area contributed by atoms with Gasteiger partial charge in [-0.2, -0.15) is 13.2 Å². The summed E-state index contributed by atoms with van der Waals surface area (Å²) in [6, 6.07) is 6.83. The normalized spacial score (nSPS) is 15.2. The van der Waals surface area contributed by atoms with Crippen molar-refractivity contribution in [3.63, 3.8) is 0 Å². The van der Waals surface area contributed by atoms with Crippen LogP contribution in [0.1, 0.15) is 11.1 Å². The Balaban J connectivity index is 1.75. The number of hydrogen-bond donors (Lipinski definition) is 2. The van der Waals surface area contributed by atoms with E-state index < -0.39 is 35.3 Å². The second-order valence-corrected chi connectivity index (χ2v) is 7.66. The maximum absolute atomic E-state index is 12.8. The third kappa shape index (κ3) is 5.40. The second-order valence-electron chi connectivity index (χ2n) is 6.67. The van der Waals surface area contributed by atoms with Crippen LogP contribution in [0.5, 0.6) is 17.2 Å². The van der Waals surface area contributed by atoms with Crippen LogP contribution in [-0.4, -0.2) is 47.8 Å². The number of phenolic OH excluding ortho intramolecular Hbond substituents is 1. The Hall–Kier alpha value is -3.67. The number of alkyl halides is 3. The number of hydrogen-bond acceptors (Lipinski definition) is 7. The van der Waals surface area contributed by atoms with E-state index in [1.54, 1.807) is 0 Å². The van der Waals surface area contributed by atoms with Crippen molar-refractivity contribution in [3.8, 4) is 17.2 Å². The van der Waals surface area contributed by atoms with Crippen LogP contribution in [0.2, 0.25) is 0 Å². The average molecular weight is 482 g/mol. The van der Waals surface area contributed by atoms with Gasteiger partial charge in [0.05, 0.1) is 24.7 Å². The highest BCUT2D eigenvalue weighted by molar-refractivity contribution is 8.18. The molecular formula is C21H17F3N2O6S. The largest absolute Gasteiger partial charge is 0.502 e. The lowest BCUT2D eigenvalue weighted by atomic mass is 10.1. The first-order chi connectivity index (χ1) is 15.5. The number of halogens is 3. The molecule has 2 aromatic rings. The van der Waals surface area contributed by atoms with Crippen molar-refractivity contribution in [2.75, 3.05) is 26.1 Å². The number of ether oxygens (including phenoxy) is 2. The smallest absolute Gasteiger partial charge is 0.416 e. The molecule has 12 heteroatoms. The quantitative estimate of drug-likeness (QED) is 0.597. The third-order valence-electron chi connectivity index (χ3n) is 4.45. The van der Waals surface area contributed by atoms with Crippen LogP contribution in [0.3, 0.4) is 0 Å². The van der Waals surface area contributed by atoms with Gasteiger partial charge in [-0.05, 0) is 53.7 Å². The van der Waals surface area contributed by atoms with Gasteiger partial charge in [0, 0.05) is 5.69 Å². The van der Waals surface area contributed by atoms with Gasteiger partial charge in [0.2, 0.25) is 11.7 Å². The second kappa shape index (κ2) is 9.45. The number of thioether (sulfide) groups is 1. The molecule has 3 rings (SSSR count). The van der Waals surface area contributed by atoms with E-state index in [-0.39, 0.29) is 27.8 Å². The Morgan fingerprint density at radius 3 is 2.36 bits per heavy atom. The molecule has 3 amide bonds. The minimum Gasteiger partial charge on any atom is -0.502 e. The first kappa shape index (κ1) is 24.0. The Bertz CT molecular complexity index is 1120. The van der Waals surface area contributed by atoms with Gasteiger partial charge < -0.3 is 19.9 Å². The lowest BCUT2D eigenvalue weighted by Crippen LogP contribution is -2.36. The summed E-state index contributed by atoms with van der Waals surface area (Å²) in [5, 5.41) is 11.5. The predicted molar refractivity (Wildman–Crippen MR) is 114 cm³/mol. The van der Waals surface area contributed by atoms with Crippen molar-refractivity contribution in [1.29, 1.82) is 0 Å². The number of benzene rings is 2. The zero-order valence-electron chi connectivity index (χ0n) is 17.2. The molecular weight excluding hydrogens is 465 g/mol. The molecule has 174 valence electrons. The summed E-state index contributed by atoms with van der Waals surface area (Å²) in [5.74, 6) is -1.67. The molecule has 2 aromatic carbocycles. The summed E-state index contributed by atoms with van der Waals surface area (Å²) in [7, 11) is 2.66. The molecule has 0 aliphatic carbocycles. The molecule has 1 aliphatic rings. The fraction of sp³-hybridized carbons (Fsp3) is 0.190. The molecule has 0 radical (unpaired) electrons. The van der Waals surface area contributed by atoms with E-state index >= 15 is 0 Å². The molecule has 0 atom stereocenters. The number of phenols is 1. The number of amides is 3. The number of nitrogens with zero attached hydrogens (tertiary/aromatic N) is 1. The number of carbonyl (C=O) groups excluding carboxylic acids is 3. The molecule has 0 aromatic heterocycles.